The Morgan fingerprint density at radius 2 is 1.71 bits per heavy atom. The van der Waals surface area contributed by atoms with Gasteiger partial charge in [0, 0.05) is 24.6 Å². The van der Waals surface area contributed by atoms with Crippen LogP contribution in [0.2, 0.25) is 0 Å². The van der Waals surface area contributed by atoms with Gasteiger partial charge in [0.15, 0.2) is 0 Å². The molecule has 1 aromatic rings. The van der Waals surface area contributed by atoms with E-state index in [1.54, 1.807) is 0 Å². The third-order valence-electron chi connectivity index (χ3n) is 4.68. The number of rotatable bonds is 5. The van der Waals surface area contributed by atoms with E-state index in [9.17, 15) is 0 Å². The fourth-order valence-electron chi connectivity index (χ4n) is 3.08. The van der Waals surface area contributed by atoms with Crippen molar-refractivity contribution in [3.63, 3.8) is 0 Å². The van der Waals surface area contributed by atoms with Crippen LogP contribution in [0.3, 0.4) is 0 Å². The predicted octanol–water partition coefficient (Wildman–Crippen LogP) is 4.33. The zero-order valence-corrected chi connectivity index (χ0v) is 14.2. The molecule has 0 unspecified atom stereocenters. The first-order valence-corrected chi connectivity index (χ1v) is 8.37. The van der Waals surface area contributed by atoms with Gasteiger partial charge in [0.25, 0.3) is 0 Å². The Morgan fingerprint density at radius 1 is 1.10 bits per heavy atom. The average molecular weight is 290 g/mol. The van der Waals surface area contributed by atoms with Crippen LogP contribution in [-0.2, 0) is 0 Å². The standard InChI is InChI=1S/C17H30N4/c1-6-13-7-9-14(10-8-13)19-17-12(4)16(18-5)20-15(21-17)11(2)3/h11,13-14H,6-10H2,1-5H3,(H2,18,19,20,21). The van der Waals surface area contributed by atoms with Crippen molar-refractivity contribution in [3.8, 4) is 0 Å². The van der Waals surface area contributed by atoms with E-state index in [2.05, 4.69) is 43.3 Å². The fraction of sp³-hybridized carbons (Fsp3) is 0.765. The van der Waals surface area contributed by atoms with Gasteiger partial charge < -0.3 is 10.6 Å². The van der Waals surface area contributed by atoms with Gasteiger partial charge in [-0.15, -0.1) is 0 Å². The number of hydrogen-bond acceptors (Lipinski definition) is 4. The van der Waals surface area contributed by atoms with Crippen LogP contribution in [0.4, 0.5) is 11.6 Å². The van der Waals surface area contributed by atoms with Gasteiger partial charge in [-0.1, -0.05) is 27.2 Å². The molecule has 0 saturated heterocycles. The first-order chi connectivity index (χ1) is 10.0. The zero-order chi connectivity index (χ0) is 15.4. The molecule has 1 aliphatic carbocycles. The number of aromatic nitrogens is 2. The Kier molecular flexibility index (Phi) is 5.43. The largest absolute Gasteiger partial charge is 0.373 e. The van der Waals surface area contributed by atoms with E-state index in [-0.39, 0.29) is 0 Å². The van der Waals surface area contributed by atoms with Gasteiger partial charge in [0.1, 0.15) is 17.5 Å². The molecular weight excluding hydrogens is 260 g/mol. The van der Waals surface area contributed by atoms with Crippen molar-refractivity contribution >= 4 is 11.6 Å². The Hall–Kier alpha value is -1.32. The Balaban J connectivity index is 2.13. The second-order valence-corrected chi connectivity index (χ2v) is 6.58. The summed E-state index contributed by atoms with van der Waals surface area (Å²) in [5.74, 6) is 4.13. The van der Waals surface area contributed by atoms with Crippen molar-refractivity contribution in [2.45, 2.75) is 71.8 Å². The number of anilines is 2. The lowest BCUT2D eigenvalue weighted by molar-refractivity contribution is 0.329. The van der Waals surface area contributed by atoms with Gasteiger partial charge in [-0.3, -0.25) is 0 Å². The Morgan fingerprint density at radius 3 is 2.24 bits per heavy atom. The van der Waals surface area contributed by atoms with Crippen LogP contribution in [0, 0.1) is 12.8 Å². The fourth-order valence-corrected chi connectivity index (χ4v) is 3.08. The Bertz CT molecular complexity index is 462. The average Bonchev–Trinajstić information content (AvgIpc) is 2.49. The quantitative estimate of drug-likeness (QED) is 0.847. The Labute approximate surface area is 129 Å². The summed E-state index contributed by atoms with van der Waals surface area (Å²) in [6.45, 7) is 8.68. The SMILES string of the molecule is CCC1CCC(Nc2nc(C(C)C)nc(NC)c2C)CC1. The van der Waals surface area contributed by atoms with Crippen LogP contribution in [0.5, 0.6) is 0 Å². The van der Waals surface area contributed by atoms with Gasteiger partial charge in [-0.25, -0.2) is 9.97 Å². The van der Waals surface area contributed by atoms with Gasteiger partial charge in [0.2, 0.25) is 0 Å². The second kappa shape index (κ2) is 7.10. The predicted molar refractivity (Wildman–Crippen MR) is 90.1 cm³/mol. The smallest absolute Gasteiger partial charge is 0.135 e. The molecule has 1 heterocycles. The summed E-state index contributed by atoms with van der Waals surface area (Å²) in [6, 6.07) is 0.561. The molecule has 2 N–H and O–H groups in total. The zero-order valence-electron chi connectivity index (χ0n) is 14.2. The molecule has 2 rings (SSSR count). The van der Waals surface area contributed by atoms with Gasteiger partial charge in [-0.2, -0.15) is 0 Å². The molecule has 118 valence electrons. The number of nitrogens with one attached hydrogen (secondary N) is 2. The molecule has 0 radical (unpaired) electrons. The highest BCUT2D eigenvalue weighted by atomic mass is 15.1. The topological polar surface area (TPSA) is 49.8 Å². The summed E-state index contributed by atoms with van der Waals surface area (Å²) in [5, 5.41) is 6.87. The van der Waals surface area contributed by atoms with Crippen LogP contribution in [-0.4, -0.2) is 23.1 Å². The molecule has 21 heavy (non-hydrogen) atoms. The highest BCUT2D eigenvalue weighted by molar-refractivity contribution is 5.57. The maximum absolute atomic E-state index is 4.75. The van der Waals surface area contributed by atoms with E-state index in [0.29, 0.717) is 12.0 Å². The molecule has 1 aromatic heterocycles. The summed E-state index contributed by atoms with van der Waals surface area (Å²) in [5.41, 5.74) is 1.12. The highest BCUT2D eigenvalue weighted by Gasteiger charge is 2.21. The van der Waals surface area contributed by atoms with Crippen LogP contribution in [0.1, 0.15) is 70.2 Å². The van der Waals surface area contributed by atoms with E-state index in [0.717, 1.165) is 28.9 Å². The molecule has 1 aliphatic rings. The third-order valence-corrected chi connectivity index (χ3v) is 4.68. The van der Waals surface area contributed by atoms with Gasteiger partial charge in [0.05, 0.1) is 0 Å². The summed E-state index contributed by atoms with van der Waals surface area (Å²) in [7, 11) is 1.93. The molecule has 0 spiro atoms. The molecule has 0 aliphatic heterocycles. The van der Waals surface area contributed by atoms with E-state index in [1.807, 2.05) is 7.05 Å². The maximum atomic E-state index is 4.75. The van der Waals surface area contributed by atoms with E-state index >= 15 is 0 Å². The van der Waals surface area contributed by atoms with Gasteiger partial charge >= 0.3 is 0 Å². The molecule has 0 atom stereocenters. The molecule has 0 aromatic carbocycles. The highest BCUT2D eigenvalue weighted by Crippen LogP contribution is 2.30. The summed E-state index contributed by atoms with van der Waals surface area (Å²) in [6.07, 6.45) is 6.52. The normalized spacial score (nSPS) is 22.4. The molecular formula is C17H30N4. The van der Waals surface area contributed by atoms with Crippen LogP contribution in [0.15, 0.2) is 0 Å². The second-order valence-electron chi connectivity index (χ2n) is 6.58. The van der Waals surface area contributed by atoms with Gasteiger partial charge in [-0.05, 0) is 38.5 Å². The minimum absolute atomic E-state index is 0.342. The molecule has 0 bridgehead atoms. The van der Waals surface area contributed by atoms with Crippen LogP contribution in [0.25, 0.3) is 0 Å². The molecule has 0 amide bonds. The maximum Gasteiger partial charge on any atom is 0.135 e. The van der Waals surface area contributed by atoms with Crippen molar-refractivity contribution in [1.29, 1.82) is 0 Å². The van der Waals surface area contributed by atoms with E-state index in [4.69, 9.17) is 4.98 Å². The summed E-state index contributed by atoms with van der Waals surface area (Å²) < 4.78 is 0. The number of hydrogen-bond donors (Lipinski definition) is 2. The number of nitrogens with zero attached hydrogens (tertiary/aromatic N) is 2. The van der Waals surface area contributed by atoms with E-state index in [1.165, 1.54) is 32.1 Å². The first-order valence-electron chi connectivity index (χ1n) is 8.37. The van der Waals surface area contributed by atoms with Crippen molar-refractivity contribution in [3.05, 3.63) is 11.4 Å². The minimum Gasteiger partial charge on any atom is -0.373 e. The lowest BCUT2D eigenvalue weighted by atomic mass is 9.84. The van der Waals surface area contributed by atoms with Crippen molar-refractivity contribution in [1.82, 2.24) is 9.97 Å². The summed E-state index contributed by atoms with van der Waals surface area (Å²) in [4.78, 5) is 9.36. The van der Waals surface area contributed by atoms with E-state index < -0.39 is 0 Å². The van der Waals surface area contributed by atoms with Crippen LogP contribution >= 0.6 is 0 Å². The lowest BCUT2D eigenvalue weighted by Gasteiger charge is -2.29. The molecule has 4 nitrogen and oxygen atoms in total. The summed E-state index contributed by atoms with van der Waals surface area (Å²) >= 11 is 0. The molecule has 1 fully saturated rings. The third kappa shape index (κ3) is 3.86. The lowest BCUT2D eigenvalue weighted by Crippen LogP contribution is -2.27. The van der Waals surface area contributed by atoms with Crippen molar-refractivity contribution < 1.29 is 0 Å². The molecule has 1 saturated carbocycles. The van der Waals surface area contributed by atoms with Crippen molar-refractivity contribution in [2.24, 2.45) is 5.92 Å². The molecule has 4 heteroatoms. The van der Waals surface area contributed by atoms with Crippen LogP contribution < -0.4 is 10.6 Å². The van der Waals surface area contributed by atoms with Crippen molar-refractivity contribution in [2.75, 3.05) is 17.7 Å². The minimum atomic E-state index is 0.342. The first kappa shape index (κ1) is 16.1. The monoisotopic (exact) mass is 290 g/mol.